The molecule has 0 aliphatic heterocycles. The summed E-state index contributed by atoms with van der Waals surface area (Å²) < 4.78 is 10.6. The second-order valence-corrected chi connectivity index (χ2v) is 5.95. The standard InChI is InChI=1S/C17H22N2O3S/c1-3-13-6-8-14(9-7-13)22-10-5-11-23-17-18-12-15(19-17)16(20)21-4-2/h6-9,12H,3-5,10-11H2,1-2H3,(H,18,19). The van der Waals surface area contributed by atoms with Crippen LogP contribution in [0.1, 0.15) is 36.3 Å². The largest absolute Gasteiger partial charge is 0.494 e. The van der Waals surface area contributed by atoms with E-state index in [0.29, 0.717) is 18.9 Å². The molecule has 1 aromatic heterocycles. The van der Waals surface area contributed by atoms with Gasteiger partial charge in [-0.3, -0.25) is 0 Å². The van der Waals surface area contributed by atoms with Crippen LogP contribution in [0.15, 0.2) is 35.6 Å². The third kappa shape index (κ3) is 5.63. The number of H-pyrrole nitrogens is 1. The van der Waals surface area contributed by atoms with Gasteiger partial charge in [0.25, 0.3) is 0 Å². The van der Waals surface area contributed by atoms with E-state index in [-0.39, 0.29) is 5.97 Å². The van der Waals surface area contributed by atoms with Crippen molar-refractivity contribution in [2.75, 3.05) is 19.0 Å². The molecular weight excluding hydrogens is 312 g/mol. The summed E-state index contributed by atoms with van der Waals surface area (Å²) in [7, 11) is 0. The van der Waals surface area contributed by atoms with Crippen molar-refractivity contribution >= 4 is 17.7 Å². The van der Waals surface area contributed by atoms with Gasteiger partial charge in [-0.1, -0.05) is 30.8 Å². The maximum Gasteiger partial charge on any atom is 0.356 e. The van der Waals surface area contributed by atoms with Crippen LogP contribution in [0.5, 0.6) is 5.75 Å². The number of thioether (sulfide) groups is 1. The van der Waals surface area contributed by atoms with E-state index in [2.05, 4.69) is 29.0 Å². The molecule has 2 rings (SSSR count). The van der Waals surface area contributed by atoms with Crippen molar-refractivity contribution in [2.24, 2.45) is 0 Å². The van der Waals surface area contributed by atoms with Gasteiger partial charge in [-0.2, -0.15) is 0 Å². The Hall–Kier alpha value is -1.95. The van der Waals surface area contributed by atoms with Gasteiger partial charge in [-0.05, 0) is 37.5 Å². The first-order chi connectivity index (χ1) is 11.2. The van der Waals surface area contributed by atoms with Gasteiger partial charge in [-0.15, -0.1) is 0 Å². The van der Waals surface area contributed by atoms with Crippen molar-refractivity contribution in [3.8, 4) is 5.75 Å². The van der Waals surface area contributed by atoms with E-state index in [1.807, 2.05) is 12.1 Å². The number of imidazole rings is 1. The van der Waals surface area contributed by atoms with Crippen molar-refractivity contribution in [1.82, 2.24) is 9.97 Å². The van der Waals surface area contributed by atoms with Crippen molar-refractivity contribution in [2.45, 2.75) is 31.8 Å². The number of esters is 1. The lowest BCUT2D eigenvalue weighted by Crippen LogP contribution is -2.04. The van der Waals surface area contributed by atoms with Crippen LogP contribution in [0, 0.1) is 0 Å². The maximum absolute atomic E-state index is 11.5. The Labute approximate surface area is 140 Å². The quantitative estimate of drug-likeness (QED) is 0.430. The van der Waals surface area contributed by atoms with Crippen LogP contribution >= 0.6 is 11.8 Å². The molecular formula is C17H22N2O3S. The van der Waals surface area contributed by atoms with E-state index in [4.69, 9.17) is 9.47 Å². The average molecular weight is 334 g/mol. The number of carbonyl (C=O) groups excluding carboxylic acids is 1. The first-order valence-corrected chi connectivity index (χ1v) is 8.78. The summed E-state index contributed by atoms with van der Waals surface area (Å²) in [4.78, 5) is 18.6. The molecule has 0 unspecified atom stereocenters. The molecule has 0 fully saturated rings. The minimum Gasteiger partial charge on any atom is -0.494 e. The molecule has 0 saturated carbocycles. The molecule has 0 amide bonds. The SMILES string of the molecule is CCOC(=O)c1cnc(SCCCOc2ccc(CC)cc2)[nH]1. The lowest BCUT2D eigenvalue weighted by atomic mass is 10.2. The molecule has 0 bridgehead atoms. The van der Waals surface area contributed by atoms with Gasteiger partial charge >= 0.3 is 5.97 Å². The fourth-order valence-corrected chi connectivity index (χ4v) is 2.69. The van der Waals surface area contributed by atoms with Crippen LogP contribution in [-0.2, 0) is 11.2 Å². The Kier molecular flexibility index (Phi) is 7.00. The molecule has 1 aromatic carbocycles. The van der Waals surface area contributed by atoms with Crippen LogP contribution in [0.4, 0.5) is 0 Å². The number of nitrogens with zero attached hydrogens (tertiary/aromatic N) is 1. The van der Waals surface area contributed by atoms with E-state index in [1.165, 1.54) is 11.8 Å². The van der Waals surface area contributed by atoms with Crippen molar-refractivity contribution in [3.05, 3.63) is 41.7 Å². The highest BCUT2D eigenvalue weighted by Crippen LogP contribution is 2.16. The number of aryl methyl sites for hydroxylation is 1. The highest BCUT2D eigenvalue weighted by molar-refractivity contribution is 7.99. The summed E-state index contributed by atoms with van der Waals surface area (Å²) in [6.07, 6.45) is 3.44. The number of carbonyl (C=O) groups is 1. The van der Waals surface area contributed by atoms with Gasteiger partial charge in [0.2, 0.25) is 0 Å². The summed E-state index contributed by atoms with van der Waals surface area (Å²) in [5.41, 5.74) is 1.70. The Morgan fingerprint density at radius 3 is 2.74 bits per heavy atom. The molecule has 124 valence electrons. The highest BCUT2D eigenvalue weighted by Gasteiger charge is 2.10. The third-order valence-electron chi connectivity index (χ3n) is 3.18. The highest BCUT2D eigenvalue weighted by atomic mass is 32.2. The minimum atomic E-state index is -0.370. The number of aromatic nitrogens is 2. The van der Waals surface area contributed by atoms with E-state index >= 15 is 0 Å². The van der Waals surface area contributed by atoms with E-state index < -0.39 is 0 Å². The average Bonchev–Trinajstić information content (AvgIpc) is 3.04. The van der Waals surface area contributed by atoms with Crippen LogP contribution in [0.25, 0.3) is 0 Å². The Bertz CT molecular complexity index is 611. The van der Waals surface area contributed by atoms with Gasteiger partial charge in [0.1, 0.15) is 11.4 Å². The van der Waals surface area contributed by atoms with Gasteiger partial charge < -0.3 is 14.5 Å². The lowest BCUT2D eigenvalue weighted by molar-refractivity contribution is 0.0519. The summed E-state index contributed by atoms with van der Waals surface area (Å²) in [6.45, 7) is 4.93. The molecule has 23 heavy (non-hydrogen) atoms. The molecule has 0 radical (unpaired) electrons. The number of hydrogen-bond donors (Lipinski definition) is 1. The van der Waals surface area contributed by atoms with Crippen LogP contribution < -0.4 is 4.74 Å². The molecule has 0 aliphatic rings. The number of aromatic amines is 1. The van der Waals surface area contributed by atoms with Gasteiger partial charge in [0.15, 0.2) is 5.16 Å². The number of benzene rings is 1. The molecule has 0 aliphatic carbocycles. The zero-order valence-electron chi connectivity index (χ0n) is 13.5. The van der Waals surface area contributed by atoms with E-state index in [1.54, 1.807) is 18.7 Å². The van der Waals surface area contributed by atoms with Crippen LogP contribution in [0.3, 0.4) is 0 Å². The minimum absolute atomic E-state index is 0.358. The normalized spacial score (nSPS) is 10.5. The van der Waals surface area contributed by atoms with Crippen LogP contribution in [-0.4, -0.2) is 34.9 Å². The topological polar surface area (TPSA) is 64.2 Å². The van der Waals surface area contributed by atoms with Crippen molar-refractivity contribution in [1.29, 1.82) is 0 Å². The zero-order valence-corrected chi connectivity index (χ0v) is 14.3. The molecule has 0 atom stereocenters. The molecule has 6 heteroatoms. The smallest absolute Gasteiger partial charge is 0.356 e. The number of hydrogen-bond acceptors (Lipinski definition) is 5. The van der Waals surface area contributed by atoms with Gasteiger partial charge in [0, 0.05) is 5.75 Å². The monoisotopic (exact) mass is 334 g/mol. The van der Waals surface area contributed by atoms with Gasteiger partial charge in [-0.25, -0.2) is 9.78 Å². The second kappa shape index (κ2) is 9.25. The van der Waals surface area contributed by atoms with Crippen molar-refractivity contribution < 1.29 is 14.3 Å². The predicted molar refractivity (Wildman–Crippen MR) is 91.2 cm³/mol. The number of ether oxygens (including phenoxy) is 2. The first-order valence-electron chi connectivity index (χ1n) is 7.79. The van der Waals surface area contributed by atoms with E-state index in [9.17, 15) is 4.79 Å². The molecule has 0 saturated heterocycles. The summed E-state index contributed by atoms with van der Waals surface area (Å²) in [5.74, 6) is 1.39. The number of rotatable bonds is 9. The predicted octanol–water partition coefficient (Wildman–Crippen LogP) is 3.71. The number of nitrogens with one attached hydrogen (secondary N) is 1. The summed E-state index contributed by atoms with van der Waals surface area (Å²) in [5, 5.41) is 0.723. The Morgan fingerprint density at radius 2 is 2.04 bits per heavy atom. The fourth-order valence-electron chi connectivity index (χ4n) is 1.93. The first kappa shape index (κ1) is 17.4. The lowest BCUT2D eigenvalue weighted by Gasteiger charge is -2.06. The summed E-state index contributed by atoms with van der Waals surface area (Å²) in [6, 6.07) is 8.18. The Morgan fingerprint density at radius 1 is 1.26 bits per heavy atom. The molecule has 1 N–H and O–H groups in total. The van der Waals surface area contributed by atoms with Crippen molar-refractivity contribution in [3.63, 3.8) is 0 Å². The zero-order chi connectivity index (χ0) is 16.5. The molecule has 1 heterocycles. The fraction of sp³-hybridized carbons (Fsp3) is 0.412. The Balaban J connectivity index is 1.66. The molecule has 0 spiro atoms. The van der Waals surface area contributed by atoms with E-state index in [0.717, 1.165) is 29.5 Å². The molecule has 5 nitrogen and oxygen atoms in total. The summed E-state index contributed by atoms with van der Waals surface area (Å²) >= 11 is 1.56. The maximum atomic E-state index is 11.5. The van der Waals surface area contributed by atoms with Gasteiger partial charge in [0.05, 0.1) is 19.4 Å². The van der Waals surface area contributed by atoms with Crippen LogP contribution in [0.2, 0.25) is 0 Å². The second-order valence-electron chi connectivity index (χ2n) is 4.87. The molecule has 2 aromatic rings. The third-order valence-corrected chi connectivity index (χ3v) is 4.15.